The molecule has 0 fully saturated rings. The van der Waals surface area contributed by atoms with Gasteiger partial charge in [-0.15, -0.1) is 0 Å². The molecule has 2 aromatic carbocycles. The molecule has 21 heavy (non-hydrogen) atoms. The number of halogens is 2. The van der Waals surface area contributed by atoms with E-state index in [1.54, 1.807) is 6.07 Å². The van der Waals surface area contributed by atoms with Crippen molar-refractivity contribution in [3.05, 3.63) is 63.4 Å². The normalized spacial score (nSPS) is 15.1. The highest BCUT2D eigenvalue weighted by Crippen LogP contribution is 2.31. The van der Waals surface area contributed by atoms with Gasteiger partial charge in [-0.1, -0.05) is 24.3 Å². The summed E-state index contributed by atoms with van der Waals surface area (Å²) in [5.41, 5.74) is 4.17. The van der Waals surface area contributed by atoms with Crippen molar-refractivity contribution >= 4 is 21.6 Å². The lowest BCUT2D eigenvalue weighted by Gasteiger charge is -2.16. The molecule has 1 N–H and O–H groups in total. The third kappa shape index (κ3) is 2.83. The maximum absolute atomic E-state index is 13.5. The fourth-order valence-electron chi connectivity index (χ4n) is 2.83. The summed E-state index contributed by atoms with van der Waals surface area (Å²) < 4.78 is 14.0. The lowest BCUT2D eigenvalue weighted by atomic mass is 9.99. The maximum atomic E-state index is 13.5. The van der Waals surface area contributed by atoms with Crippen molar-refractivity contribution in [2.45, 2.75) is 18.9 Å². The van der Waals surface area contributed by atoms with E-state index in [1.165, 1.54) is 17.3 Å². The lowest BCUT2D eigenvalue weighted by Crippen LogP contribution is -2.12. The number of fused-ring (bicyclic) bond motifs is 1. The first-order chi connectivity index (χ1) is 10.1. The van der Waals surface area contributed by atoms with Crippen molar-refractivity contribution in [2.75, 3.05) is 18.5 Å². The number of aliphatic hydroxyl groups is 1. The third-order valence-corrected chi connectivity index (χ3v) is 4.95. The van der Waals surface area contributed by atoms with E-state index < -0.39 is 6.10 Å². The molecule has 4 heteroatoms. The van der Waals surface area contributed by atoms with Crippen LogP contribution in [0, 0.1) is 5.82 Å². The molecule has 0 saturated heterocycles. The van der Waals surface area contributed by atoms with Crippen molar-refractivity contribution in [3.63, 3.8) is 0 Å². The molecule has 1 aliphatic heterocycles. The van der Waals surface area contributed by atoms with Crippen molar-refractivity contribution in [1.82, 2.24) is 0 Å². The molecule has 0 aromatic heterocycles. The van der Waals surface area contributed by atoms with Gasteiger partial charge in [0.2, 0.25) is 0 Å². The molecule has 0 bridgehead atoms. The van der Waals surface area contributed by atoms with Gasteiger partial charge < -0.3 is 10.0 Å². The van der Waals surface area contributed by atoms with Crippen molar-refractivity contribution in [2.24, 2.45) is 0 Å². The minimum atomic E-state index is -0.626. The fourth-order valence-corrected chi connectivity index (χ4v) is 3.25. The monoisotopic (exact) mass is 349 g/mol. The molecule has 2 nitrogen and oxygen atoms in total. The molecule has 0 spiro atoms. The molecule has 1 atom stereocenters. The summed E-state index contributed by atoms with van der Waals surface area (Å²) in [6, 6.07) is 11.0. The lowest BCUT2D eigenvalue weighted by molar-refractivity contribution is 0.178. The van der Waals surface area contributed by atoms with E-state index >= 15 is 0 Å². The van der Waals surface area contributed by atoms with Crippen LogP contribution >= 0.6 is 15.9 Å². The first-order valence-electron chi connectivity index (χ1n) is 7.01. The molecule has 1 unspecified atom stereocenters. The van der Waals surface area contributed by atoms with E-state index in [0.29, 0.717) is 10.9 Å². The molecule has 0 aliphatic carbocycles. The second-order valence-electron chi connectivity index (χ2n) is 5.49. The summed E-state index contributed by atoms with van der Waals surface area (Å²) in [5.74, 6) is -0.296. The van der Waals surface area contributed by atoms with E-state index in [-0.39, 0.29) is 5.82 Å². The molecule has 3 rings (SSSR count). The van der Waals surface area contributed by atoms with Gasteiger partial charge in [-0.2, -0.15) is 0 Å². The Kier molecular flexibility index (Phi) is 4.00. The predicted molar refractivity (Wildman–Crippen MR) is 86.2 cm³/mol. The van der Waals surface area contributed by atoms with Crippen LogP contribution in [0.1, 0.15) is 22.8 Å². The van der Waals surface area contributed by atoms with Crippen LogP contribution in [0.4, 0.5) is 10.1 Å². The van der Waals surface area contributed by atoms with Crippen LogP contribution in [0.3, 0.4) is 0 Å². The summed E-state index contributed by atoms with van der Waals surface area (Å²) in [5, 5.41) is 10.4. The van der Waals surface area contributed by atoms with E-state index in [1.807, 2.05) is 12.1 Å². The van der Waals surface area contributed by atoms with Gasteiger partial charge in [0.1, 0.15) is 5.82 Å². The second-order valence-corrected chi connectivity index (χ2v) is 6.29. The van der Waals surface area contributed by atoms with Gasteiger partial charge >= 0.3 is 0 Å². The van der Waals surface area contributed by atoms with Crippen LogP contribution in [0.25, 0.3) is 0 Å². The summed E-state index contributed by atoms with van der Waals surface area (Å²) in [7, 11) is 2.08. The van der Waals surface area contributed by atoms with Crippen molar-refractivity contribution < 1.29 is 9.50 Å². The first-order valence-corrected chi connectivity index (χ1v) is 7.80. The highest BCUT2D eigenvalue weighted by atomic mass is 79.9. The van der Waals surface area contributed by atoms with Gasteiger partial charge in [-0.25, -0.2) is 4.39 Å². The Bertz CT molecular complexity index is 674. The zero-order chi connectivity index (χ0) is 15.0. The standard InChI is InChI=1S/C17H17BrFNO/c1-20-8-7-11-9-12(5-6-15(11)20)16(21)10-13-3-2-4-14(19)17(13)18/h2-6,9,16,21H,7-8,10H2,1H3. The van der Waals surface area contributed by atoms with Crippen molar-refractivity contribution in [3.8, 4) is 0 Å². The number of anilines is 1. The Morgan fingerprint density at radius 1 is 1.33 bits per heavy atom. The Morgan fingerprint density at radius 3 is 2.95 bits per heavy atom. The minimum absolute atomic E-state index is 0.296. The van der Waals surface area contributed by atoms with Gasteiger partial charge in [-0.05, 0) is 51.2 Å². The summed E-state index contributed by atoms with van der Waals surface area (Å²) in [6.45, 7) is 1.02. The molecule has 1 heterocycles. The molecule has 110 valence electrons. The number of hydrogen-bond acceptors (Lipinski definition) is 2. The molecule has 0 saturated carbocycles. The summed E-state index contributed by atoms with van der Waals surface area (Å²) in [6.07, 6.45) is 0.780. The molecule has 2 aromatic rings. The number of nitrogens with zero attached hydrogens (tertiary/aromatic N) is 1. The Labute approximate surface area is 132 Å². The van der Waals surface area contributed by atoms with Crippen LogP contribution in [0.2, 0.25) is 0 Å². The highest BCUT2D eigenvalue weighted by molar-refractivity contribution is 9.10. The molecule has 0 amide bonds. The van der Waals surface area contributed by atoms with E-state index in [0.717, 1.165) is 24.1 Å². The SMILES string of the molecule is CN1CCc2cc(C(O)Cc3cccc(F)c3Br)ccc21. The number of rotatable bonds is 3. The fraction of sp³-hybridized carbons (Fsp3) is 0.294. The van der Waals surface area contributed by atoms with Gasteiger partial charge in [0, 0.05) is 25.7 Å². The average molecular weight is 350 g/mol. The molecular weight excluding hydrogens is 333 g/mol. The van der Waals surface area contributed by atoms with Gasteiger partial charge in [0.05, 0.1) is 10.6 Å². The summed E-state index contributed by atoms with van der Waals surface area (Å²) in [4.78, 5) is 2.22. The average Bonchev–Trinajstić information content (AvgIpc) is 2.85. The zero-order valence-corrected chi connectivity index (χ0v) is 13.4. The van der Waals surface area contributed by atoms with Gasteiger partial charge in [0.15, 0.2) is 0 Å². The predicted octanol–water partition coefficient (Wildman–Crippen LogP) is 3.86. The van der Waals surface area contributed by atoms with Gasteiger partial charge in [0.25, 0.3) is 0 Å². The Balaban J connectivity index is 1.83. The van der Waals surface area contributed by atoms with Crippen LogP contribution in [0.5, 0.6) is 0 Å². The van der Waals surface area contributed by atoms with Crippen molar-refractivity contribution in [1.29, 1.82) is 0 Å². The van der Waals surface area contributed by atoms with E-state index in [9.17, 15) is 9.50 Å². The van der Waals surface area contributed by atoms with E-state index in [2.05, 4.69) is 40.0 Å². The topological polar surface area (TPSA) is 23.5 Å². The van der Waals surface area contributed by atoms with Crippen LogP contribution < -0.4 is 4.90 Å². The quantitative estimate of drug-likeness (QED) is 0.909. The number of hydrogen-bond donors (Lipinski definition) is 1. The first kappa shape index (κ1) is 14.5. The third-order valence-electron chi connectivity index (χ3n) is 4.06. The Hall–Kier alpha value is -1.39. The van der Waals surface area contributed by atoms with Crippen LogP contribution in [-0.4, -0.2) is 18.7 Å². The minimum Gasteiger partial charge on any atom is -0.388 e. The Morgan fingerprint density at radius 2 is 2.14 bits per heavy atom. The second kappa shape index (κ2) is 5.78. The molecule has 1 aliphatic rings. The van der Waals surface area contributed by atoms with Crippen LogP contribution in [0.15, 0.2) is 40.9 Å². The number of aliphatic hydroxyl groups excluding tert-OH is 1. The van der Waals surface area contributed by atoms with Crippen LogP contribution in [-0.2, 0) is 12.8 Å². The van der Waals surface area contributed by atoms with E-state index in [4.69, 9.17) is 0 Å². The maximum Gasteiger partial charge on any atom is 0.137 e. The number of likely N-dealkylation sites (N-methyl/N-ethyl adjacent to an activating group) is 1. The highest BCUT2D eigenvalue weighted by Gasteiger charge is 2.18. The number of benzene rings is 2. The molecular formula is C17H17BrFNO. The molecule has 0 radical (unpaired) electrons. The largest absolute Gasteiger partial charge is 0.388 e. The smallest absolute Gasteiger partial charge is 0.137 e. The summed E-state index contributed by atoms with van der Waals surface area (Å²) >= 11 is 3.25. The van der Waals surface area contributed by atoms with Gasteiger partial charge in [-0.3, -0.25) is 0 Å². The zero-order valence-electron chi connectivity index (χ0n) is 11.8.